The molecule has 4 N–H and O–H groups in total. The van der Waals surface area contributed by atoms with Crippen LogP contribution in [0.4, 0.5) is 0 Å². The number of hydrogen-bond donors (Lipinski definition) is 4. The summed E-state index contributed by atoms with van der Waals surface area (Å²) in [5, 5.41) is 0. The van der Waals surface area contributed by atoms with Crippen molar-refractivity contribution in [2.24, 2.45) is 0 Å². The van der Waals surface area contributed by atoms with E-state index in [9.17, 15) is 0 Å². The van der Waals surface area contributed by atoms with Gasteiger partial charge in [0, 0.05) is 0 Å². The fourth-order valence-corrected chi connectivity index (χ4v) is 0. The standard InChI is InChI=1S/Li.H4O4Si.O.Zr.H/c;1-5(2,3)4;;;/h;1-4H;;;. The van der Waals surface area contributed by atoms with Crippen molar-refractivity contribution in [3.8, 4) is 0 Å². The quantitative estimate of drug-likeness (QED) is 0.313. The van der Waals surface area contributed by atoms with Crippen molar-refractivity contribution in [3.05, 3.63) is 0 Å². The van der Waals surface area contributed by atoms with E-state index in [2.05, 4.69) is 0 Å². The molecule has 0 bridgehead atoms. The fraction of sp³-hybridized carbons (Fsp3) is 0. The molecule has 0 amide bonds. The van der Waals surface area contributed by atoms with Gasteiger partial charge >= 0.3 is 55.4 Å². The molecule has 0 aliphatic rings. The normalized spacial score (nSPS) is 7.88. The van der Waals surface area contributed by atoms with E-state index in [1.807, 2.05) is 0 Å². The van der Waals surface area contributed by atoms with Gasteiger partial charge in [-0.25, -0.2) is 0 Å². The second-order valence-corrected chi connectivity index (χ2v) is 1.80. The molecule has 0 unspecified atom stereocenters. The summed E-state index contributed by atoms with van der Waals surface area (Å²) in [7, 11) is -4.61. The van der Waals surface area contributed by atoms with E-state index in [0.717, 1.165) is 0 Å². The Bertz CT molecular complexity index is 36.2. The molecule has 0 aromatic carbocycles. The summed E-state index contributed by atoms with van der Waals surface area (Å²) in [5.74, 6) is 0. The van der Waals surface area contributed by atoms with E-state index in [1.165, 1.54) is 0 Å². The Morgan fingerprint density at radius 3 is 1.00 bits per heavy atom. The third kappa shape index (κ3) is 165. The molecule has 44 valence electrons. The average Bonchev–Trinajstić information content (AvgIpc) is 1.36. The Morgan fingerprint density at radius 1 is 1.00 bits per heavy atom. The molecule has 0 radical (unpaired) electrons. The Morgan fingerprint density at radius 2 is 1.00 bits per heavy atom. The minimum atomic E-state index is -4.61. The summed E-state index contributed by atoms with van der Waals surface area (Å²) in [6.45, 7) is 0. The van der Waals surface area contributed by atoms with Crippen LogP contribution in [0.25, 0.3) is 0 Å². The molecule has 0 aliphatic carbocycles. The van der Waals surface area contributed by atoms with Crippen molar-refractivity contribution >= 4 is 27.9 Å². The third-order valence-electron chi connectivity index (χ3n) is 0. The average molecular weight is 211 g/mol. The van der Waals surface area contributed by atoms with Gasteiger partial charge in [0.15, 0.2) is 0 Å². The van der Waals surface area contributed by atoms with Crippen LogP contribution in [0.2, 0.25) is 0 Å². The zero-order valence-electron chi connectivity index (χ0n) is 3.20. The van der Waals surface area contributed by atoms with Crippen LogP contribution < -0.4 is 0 Å². The van der Waals surface area contributed by atoms with Crippen LogP contribution in [0, 0.1) is 0 Å². The molecular formula is H5LiO5SiZr. The van der Waals surface area contributed by atoms with Crippen molar-refractivity contribution < 1.29 is 46.7 Å². The molecule has 0 saturated carbocycles. The van der Waals surface area contributed by atoms with Crippen LogP contribution in [0.15, 0.2) is 0 Å². The summed E-state index contributed by atoms with van der Waals surface area (Å²) in [5.41, 5.74) is 0. The van der Waals surface area contributed by atoms with E-state index in [4.69, 9.17) is 22.0 Å². The summed E-state index contributed by atoms with van der Waals surface area (Å²) < 4.78 is 8.34. The second kappa shape index (κ2) is 8.34. The molecule has 0 aliphatic heterocycles. The van der Waals surface area contributed by atoms with Gasteiger partial charge in [-0.05, 0) is 0 Å². The van der Waals surface area contributed by atoms with Crippen molar-refractivity contribution in [2.75, 3.05) is 0 Å². The van der Waals surface area contributed by atoms with Gasteiger partial charge in [-0.15, -0.1) is 0 Å². The predicted molar refractivity (Wildman–Crippen MR) is 22.5 cm³/mol. The van der Waals surface area contributed by atoms with E-state index < -0.39 is 9.05 Å². The van der Waals surface area contributed by atoms with Gasteiger partial charge in [0.2, 0.25) is 0 Å². The van der Waals surface area contributed by atoms with E-state index in [0.29, 0.717) is 24.7 Å². The van der Waals surface area contributed by atoms with Crippen LogP contribution in [0.3, 0.4) is 0 Å². The molecule has 0 saturated heterocycles. The third-order valence-corrected chi connectivity index (χ3v) is 0. The summed E-state index contributed by atoms with van der Waals surface area (Å²) >= 11 is 0.300. The van der Waals surface area contributed by atoms with E-state index in [-0.39, 0.29) is 18.9 Å². The Labute approximate surface area is 74.3 Å². The van der Waals surface area contributed by atoms with Crippen LogP contribution in [-0.4, -0.2) is 47.1 Å². The molecule has 8 heteroatoms. The molecular weight excluding hydrogens is 206 g/mol. The summed E-state index contributed by atoms with van der Waals surface area (Å²) in [4.78, 5) is 29.3. The first-order valence-corrected chi connectivity index (χ1v) is 3.89. The second-order valence-electron chi connectivity index (χ2n) is 0.600. The fourth-order valence-electron chi connectivity index (χ4n) is 0. The molecule has 0 heterocycles. The van der Waals surface area contributed by atoms with Crippen molar-refractivity contribution in [1.29, 1.82) is 0 Å². The van der Waals surface area contributed by atoms with Gasteiger partial charge in [-0.2, -0.15) is 0 Å². The maximum atomic E-state index is 8.34. The first-order valence-electron chi connectivity index (χ1n) is 1.10. The zero-order chi connectivity index (χ0) is 6.50. The first-order chi connectivity index (χ1) is 3.00. The summed E-state index contributed by atoms with van der Waals surface area (Å²) in [6, 6.07) is 0. The molecule has 5 nitrogen and oxygen atoms in total. The maximum absolute atomic E-state index is 8.34. The van der Waals surface area contributed by atoms with Gasteiger partial charge in [0.05, 0.1) is 0 Å². The van der Waals surface area contributed by atoms with Gasteiger partial charge in [-0.3, -0.25) is 0 Å². The monoisotopic (exact) mass is 210 g/mol. The SMILES string of the molecule is O[Si](O)(O)O.[LiH].[O]=[Zr]. The van der Waals surface area contributed by atoms with Gasteiger partial charge in [0.1, 0.15) is 0 Å². The molecule has 0 spiro atoms. The van der Waals surface area contributed by atoms with E-state index in [1.54, 1.807) is 0 Å². The van der Waals surface area contributed by atoms with Gasteiger partial charge in [0.25, 0.3) is 0 Å². The molecule has 0 atom stereocenters. The van der Waals surface area contributed by atoms with Crippen molar-refractivity contribution in [2.45, 2.75) is 0 Å². The molecule has 0 fully saturated rings. The number of hydrogen-bond acceptors (Lipinski definition) is 5. The van der Waals surface area contributed by atoms with Crippen LogP contribution in [-0.2, 0) is 27.5 Å². The molecule has 0 aromatic rings. The Balaban J connectivity index is -0.0000000750. The molecule has 0 rings (SSSR count). The van der Waals surface area contributed by atoms with Crippen molar-refractivity contribution in [1.82, 2.24) is 0 Å². The minimum absolute atomic E-state index is 0. The topological polar surface area (TPSA) is 98.0 Å². The first kappa shape index (κ1) is 16.2. The van der Waals surface area contributed by atoms with Gasteiger partial charge in [-0.1, -0.05) is 0 Å². The van der Waals surface area contributed by atoms with Crippen LogP contribution >= 0.6 is 0 Å². The predicted octanol–water partition coefficient (Wildman–Crippen LogP) is -3.38. The van der Waals surface area contributed by atoms with Crippen molar-refractivity contribution in [3.63, 3.8) is 0 Å². The molecule has 8 heavy (non-hydrogen) atoms. The van der Waals surface area contributed by atoms with Crippen LogP contribution in [0.5, 0.6) is 0 Å². The Kier molecular flexibility index (Phi) is 16.8. The Hall–Kier alpha value is 1.34. The van der Waals surface area contributed by atoms with Crippen LogP contribution in [0.1, 0.15) is 0 Å². The zero-order valence-corrected chi connectivity index (χ0v) is 6.66. The molecule has 0 aromatic heterocycles. The van der Waals surface area contributed by atoms with Gasteiger partial charge < -0.3 is 19.2 Å². The van der Waals surface area contributed by atoms with E-state index >= 15 is 0 Å². The summed E-state index contributed by atoms with van der Waals surface area (Å²) in [6.07, 6.45) is 0. The number of rotatable bonds is 0.